The van der Waals surface area contributed by atoms with Crippen LogP contribution in [0.5, 0.6) is 0 Å². The molecule has 3 rings (SSSR count). The first kappa shape index (κ1) is 16.1. The summed E-state index contributed by atoms with van der Waals surface area (Å²) in [4.78, 5) is 8.29. The van der Waals surface area contributed by atoms with Crippen LogP contribution in [-0.4, -0.2) is 16.5 Å². The largest absolute Gasteiger partial charge is 0.384 e. The van der Waals surface area contributed by atoms with Gasteiger partial charge in [-0.2, -0.15) is 0 Å². The lowest BCUT2D eigenvalue weighted by atomic mass is 9.76. The third kappa shape index (κ3) is 3.13. The molecule has 0 saturated heterocycles. The summed E-state index contributed by atoms with van der Waals surface area (Å²) in [5.74, 6) is 0.313. The van der Waals surface area contributed by atoms with E-state index in [9.17, 15) is 0 Å². The van der Waals surface area contributed by atoms with Gasteiger partial charge in [-0.15, -0.1) is 0 Å². The summed E-state index contributed by atoms with van der Waals surface area (Å²) in [6.07, 6.45) is 5.68. The summed E-state index contributed by atoms with van der Waals surface area (Å²) in [6, 6.07) is 5.44. The normalized spacial score (nSPS) is 22.7. The molecule has 1 aromatic heterocycles. The van der Waals surface area contributed by atoms with E-state index in [4.69, 9.17) is 34.7 Å². The van der Waals surface area contributed by atoms with Gasteiger partial charge < -0.3 is 16.8 Å². The maximum absolute atomic E-state index is 6.54. The quantitative estimate of drug-likeness (QED) is 0.790. The zero-order valence-electron chi connectivity index (χ0n) is 12.6. The zero-order valence-corrected chi connectivity index (χ0v) is 14.1. The Morgan fingerprint density at radius 3 is 2.83 bits per heavy atom. The molecule has 1 aromatic carbocycles. The van der Waals surface area contributed by atoms with Gasteiger partial charge in [-0.3, -0.25) is 0 Å². The molecule has 0 fully saturated rings. The number of fused-ring (bicyclic) bond motifs is 1. The number of benzene rings is 1. The van der Waals surface area contributed by atoms with Crippen LogP contribution in [0.4, 0.5) is 11.6 Å². The maximum Gasteiger partial charge on any atom is 0.220 e. The topological polar surface area (TPSA) is 89.8 Å². The molecule has 1 heterocycles. The summed E-state index contributed by atoms with van der Waals surface area (Å²) >= 11 is 12.0. The van der Waals surface area contributed by atoms with Crippen molar-refractivity contribution in [2.75, 3.05) is 17.6 Å². The van der Waals surface area contributed by atoms with E-state index in [2.05, 4.69) is 15.3 Å². The molecule has 0 bridgehead atoms. The SMILES string of the molecule is CC1(N)c2cnc(N)nc2C=CC1CNc1ccc(Cl)c(Cl)c1. The predicted octanol–water partition coefficient (Wildman–Crippen LogP) is 3.29. The number of nitrogens with two attached hydrogens (primary N) is 2. The first-order valence-electron chi connectivity index (χ1n) is 7.17. The highest BCUT2D eigenvalue weighted by Crippen LogP contribution is 2.35. The van der Waals surface area contributed by atoms with Crippen LogP contribution >= 0.6 is 23.2 Å². The third-order valence-electron chi connectivity index (χ3n) is 4.12. The average molecular weight is 350 g/mol. The Morgan fingerprint density at radius 2 is 2.09 bits per heavy atom. The highest BCUT2D eigenvalue weighted by molar-refractivity contribution is 6.42. The van der Waals surface area contributed by atoms with Crippen molar-refractivity contribution < 1.29 is 0 Å². The van der Waals surface area contributed by atoms with Gasteiger partial charge >= 0.3 is 0 Å². The molecule has 1 aliphatic carbocycles. The van der Waals surface area contributed by atoms with Crippen LogP contribution < -0.4 is 16.8 Å². The number of aromatic nitrogens is 2. The summed E-state index contributed by atoms with van der Waals surface area (Å²) in [7, 11) is 0. The van der Waals surface area contributed by atoms with E-state index in [1.165, 1.54) is 0 Å². The molecule has 23 heavy (non-hydrogen) atoms. The number of hydrogen-bond acceptors (Lipinski definition) is 5. The Bertz CT molecular complexity index is 773. The van der Waals surface area contributed by atoms with Gasteiger partial charge in [0.1, 0.15) is 0 Å². The van der Waals surface area contributed by atoms with Crippen molar-refractivity contribution in [2.45, 2.75) is 12.5 Å². The van der Waals surface area contributed by atoms with E-state index >= 15 is 0 Å². The van der Waals surface area contributed by atoms with E-state index in [1.807, 2.05) is 25.1 Å². The van der Waals surface area contributed by atoms with Crippen molar-refractivity contribution in [2.24, 2.45) is 11.7 Å². The Hall–Kier alpha value is -1.82. The summed E-state index contributed by atoms with van der Waals surface area (Å²) in [5.41, 5.74) is 14.1. The lowest BCUT2D eigenvalue weighted by Gasteiger charge is -2.36. The fourth-order valence-corrected chi connectivity index (χ4v) is 2.97. The molecule has 5 nitrogen and oxygen atoms in total. The molecule has 2 aromatic rings. The third-order valence-corrected chi connectivity index (χ3v) is 4.86. The predicted molar refractivity (Wildman–Crippen MR) is 95.5 cm³/mol. The van der Waals surface area contributed by atoms with E-state index < -0.39 is 5.54 Å². The zero-order chi connectivity index (χ0) is 16.6. The van der Waals surface area contributed by atoms with Gasteiger partial charge in [0.05, 0.1) is 15.7 Å². The number of halogens is 2. The van der Waals surface area contributed by atoms with Gasteiger partial charge in [0, 0.05) is 35.4 Å². The van der Waals surface area contributed by atoms with E-state index in [-0.39, 0.29) is 11.9 Å². The monoisotopic (exact) mass is 349 g/mol. The molecule has 0 radical (unpaired) electrons. The highest BCUT2D eigenvalue weighted by atomic mass is 35.5. The second kappa shape index (κ2) is 6.00. The van der Waals surface area contributed by atoms with Crippen LogP contribution in [0.3, 0.4) is 0 Å². The van der Waals surface area contributed by atoms with Crippen LogP contribution in [0.2, 0.25) is 10.0 Å². The van der Waals surface area contributed by atoms with Gasteiger partial charge in [-0.25, -0.2) is 9.97 Å². The van der Waals surface area contributed by atoms with Gasteiger partial charge in [-0.1, -0.05) is 29.3 Å². The van der Waals surface area contributed by atoms with E-state index in [0.717, 1.165) is 16.9 Å². The van der Waals surface area contributed by atoms with Crippen LogP contribution in [0.1, 0.15) is 18.2 Å². The van der Waals surface area contributed by atoms with Crippen molar-refractivity contribution in [3.05, 3.63) is 51.8 Å². The smallest absolute Gasteiger partial charge is 0.220 e. The van der Waals surface area contributed by atoms with Crippen molar-refractivity contribution in [1.29, 1.82) is 0 Å². The molecule has 0 aliphatic heterocycles. The van der Waals surface area contributed by atoms with Gasteiger partial charge in [0.2, 0.25) is 5.95 Å². The van der Waals surface area contributed by atoms with Crippen molar-refractivity contribution >= 4 is 40.9 Å². The van der Waals surface area contributed by atoms with Crippen LogP contribution in [0.25, 0.3) is 6.08 Å². The number of nitrogens with zero attached hydrogens (tertiary/aromatic N) is 2. The number of rotatable bonds is 3. The van der Waals surface area contributed by atoms with Crippen LogP contribution in [-0.2, 0) is 5.54 Å². The second-order valence-corrected chi connectivity index (χ2v) is 6.60. The Labute approximate surface area is 144 Å². The molecule has 0 amide bonds. The maximum atomic E-state index is 6.54. The second-order valence-electron chi connectivity index (χ2n) is 5.79. The first-order valence-corrected chi connectivity index (χ1v) is 7.92. The number of anilines is 2. The fourth-order valence-electron chi connectivity index (χ4n) is 2.67. The number of nitrogens with one attached hydrogen (secondary N) is 1. The molecule has 2 atom stereocenters. The lowest BCUT2D eigenvalue weighted by molar-refractivity contribution is 0.367. The van der Waals surface area contributed by atoms with E-state index in [0.29, 0.717) is 16.6 Å². The first-order chi connectivity index (χ1) is 10.9. The Balaban J connectivity index is 1.79. The molecule has 5 N–H and O–H groups in total. The molecule has 0 spiro atoms. The molecular formula is C16H17Cl2N5. The van der Waals surface area contributed by atoms with Crippen LogP contribution in [0.15, 0.2) is 30.5 Å². The summed E-state index contributed by atoms with van der Waals surface area (Å²) < 4.78 is 0. The minimum absolute atomic E-state index is 0.0664. The van der Waals surface area contributed by atoms with Gasteiger partial charge in [0.15, 0.2) is 0 Å². The minimum Gasteiger partial charge on any atom is -0.384 e. The number of hydrogen-bond donors (Lipinski definition) is 3. The lowest BCUT2D eigenvalue weighted by Crippen LogP contribution is -2.45. The Kier molecular flexibility index (Phi) is 4.19. The van der Waals surface area contributed by atoms with E-state index in [1.54, 1.807) is 18.3 Å². The molecule has 2 unspecified atom stereocenters. The molecular weight excluding hydrogens is 333 g/mol. The highest BCUT2D eigenvalue weighted by Gasteiger charge is 2.35. The average Bonchev–Trinajstić information content (AvgIpc) is 2.49. The van der Waals surface area contributed by atoms with Crippen molar-refractivity contribution in [3.8, 4) is 0 Å². The van der Waals surface area contributed by atoms with Gasteiger partial charge in [-0.05, 0) is 31.2 Å². The minimum atomic E-state index is -0.596. The summed E-state index contributed by atoms with van der Waals surface area (Å²) in [6.45, 7) is 2.61. The van der Waals surface area contributed by atoms with Crippen molar-refractivity contribution in [3.63, 3.8) is 0 Å². The number of nitrogen functional groups attached to an aromatic ring is 1. The Morgan fingerprint density at radius 1 is 1.30 bits per heavy atom. The molecule has 0 saturated carbocycles. The van der Waals surface area contributed by atoms with Crippen LogP contribution in [0, 0.1) is 5.92 Å². The standard InChI is InChI=1S/C16H17Cl2N5/c1-16(20)9(2-5-14-11(16)8-22-15(19)23-14)7-21-10-3-4-12(17)13(18)6-10/h2-6,8-9,21H,7,20H2,1H3,(H2,19,22,23). The van der Waals surface area contributed by atoms with Gasteiger partial charge in [0.25, 0.3) is 0 Å². The molecule has 1 aliphatic rings. The summed E-state index contributed by atoms with van der Waals surface area (Å²) in [5, 5.41) is 4.38. The fraction of sp³-hybridized carbons (Fsp3) is 0.250. The van der Waals surface area contributed by atoms with Crippen molar-refractivity contribution in [1.82, 2.24) is 9.97 Å². The molecule has 120 valence electrons. The molecule has 7 heteroatoms.